The predicted molar refractivity (Wildman–Crippen MR) is 93.3 cm³/mol. The maximum Gasteiger partial charge on any atom is 0.277 e. The van der Waals surface area contributed by atoms with Crippen molar-refractivity contribution in [1.29, 1.82) is 0 Å². The maximum absolute atomic E-state index is 12.9. The van der Waals surface area contributed by atoms with E-state index in [1.54, 1.807) is 6.92 Å². The van der Waals surface area contributed by atoms with Crippen molar-refractivity contribution in [2.75, 3.05) is 6.26 Å². The van der Waals surface area contributed by atoms with E-state index in [4.69, 9.17) is 4.84 Å². The van der Waals surface area contributed by atoms with E-state index in [2.05, 4.69) is 10.6 Å². The van der Waals surface area contributed by atoms with E-state index in [-0.39, 0.29) is 22.1 Å². The lowest BCUT2D eigenvalue weighted by Crippen LogP contribution is -2.21. The SMILES string of the molecule is Cc1c(C(=O)c2c[nH]n(C)c2=O)ccc(S(C)(=O)=O)c1C1=C2CC2ON1. The Morgan fingerprint density at radius 2 is 2.04 bits per heavy atom. The fraction of sp³-hybridized carbons (Fsp3) is 0.294. The van der Waals surface area contributed by atoms with Crippen LogP contribution in [0.1, 0.15) is 33.5 Å². The molecule has 136 valence electrons. The minimum atomic E-state index is -3.52. The van der Waals surface area contributed by atoms with Crippen LogP contribution in [0.4, 0.5) is 0 Å². The smallest absolute Gasteiger partial charge is 0.277 e. The Labute approximate surface area is 149 Å². The van der Waals surface area contributed by atoms with Crippen LogP contribution < -0.4 is 11.0 Å². The Balaban J connectivity index is 1.94. The number of rotatable bonds is 4. The fourth-order valence-corrected chi connectivity index (χ4v) is 4.19. The number of aromatic nitrogens is 2. The molecule has 0 saturated heterocycles. The zero-order valence-corrected chi connectivity index (χ0v) is 15.2. The van der Waals surface area contributed by atoms with Gasteiger partial charge >= 0.3 is 0 Å². The molecular formula is C17H17N3O5S. The first kappa shape index (κ1) is 16.8. The van der Waals surface area contributed by atoms with E-state index in [0.717, 1.165) is 18.2 Å². The van der Waals surface area contributed by atoms with Crippen LogP contribution in [0, 0.1) is 6.92 Å². The number of hydrogen-bond acceptors (Lipinski definition) is 6. The molecule has 1 aliphatic carbocycles. The van der Waals surface area contributed by atoms with Gasteiger partial charge in [-0.2, -0.15) is 0 Å². The van der Waals surface area contributed by atoms with Gasteiger partial charge in [0, 0.05) is 37.0 Å². The predicted octanol–water partition coefficient (Wildman–Crippen LogP) is 0.675. The van der Waals surface area contributed by atoms with Crippen molar-refractivity contribution >= 4 is 21.3 Å². The monoisotopic (exact) mass is 375 g/mol. The van der Waals surface area contributed by atoms with Gasteiger partial charge in [0.1, 0.15) is 11.7 Å². The molecule has 2 aromatic rings. The summed E-state index contributed by atoms with van der Waals surface area (Å²) in [5.74, 6) is -0.456. The number of hydrogen-bond donors (Lipinski definition) is 2. The second-order valence-corrected chi connectivity index (χ2v) is 8.56. The number of ketones is 1. The van der Waals surface area contributed by atoms with Crippen LogP contribution in [0.2, 0.25) is 0 Å². The van der Waals surface area contributed by atoms with Gasteiger partial charge in [0.05, 0.1) is 10.6 Å². The van der Waals surface area contributed by atoms with Crippen LogP contribution in [0.25, 0.3) is 5.70 Å². The fourth-order valence-electron chi connectivity index (χ4n) is 3.25. The normalized spacial score (nSPS) is 18.7. The van der Waals surface area contributed by atoms with Crippen molar-refractivity contribution in [2.24, 2.45) is 7.05 Å². The van der Waals surface area contributed by atoms with Crippen LogP contribution in [-0.2, 0) is 21.7 Å². The van der Waals surface area contributed by atoms with Gasteiger partial charge in [0.25, 0.3) is 5.56 Å². The Bertz CT molecular complexity index is 1150. The van der Waals surface area contributed by atoms with Crippen LogP contribution in [0.5, 0.6) is 0 Å². The summed E-state index contributed by atoms with van der Waals surface area (Å²) in [5, 5.41) is 2.67. The summed E-state index contributed by atoms with van der Waals surface area (Å²) in [7, 11) is -2.00. The first-order valence-electron chi connectivity index (χ1n) is 7.98. The second kappa shape index (κ2) is 5.42. The number of carbonyl (C=O) groups excluding carboxylic acids is 1. The van der Waals surface area contributed by atoms with Crippen molar-refractivity contribution in [1.82, 2.24) is 15.3 Å². The van der Waals surface area contributed by atoms with Gasteiger partial charge in [-0.1, -0.05) is 0 Å². The van der Waals surface area contributed by atoms with E-state index in [1.807, 2.05) is 0 Å². The Morgan fingerprint density at radius 1 is 1.31 bits per heavy atom. The Kier molecular flexibility index (Phi) is 3.50. The highest BCUT2D eigenvalue weighted by Crippen LogP contribution is 2.45. The third-order valence-electron chi connectivity index (χ3n) is 4.76. The number of fused-ring (bicyclic) bond motifs is 1. The highest BCUT2D eigenvalue weighted by Gasteiger charge is 2.42. The first-order valence-corrected chi connectivity index (χ1v) is 9.87. The molecule has 0 amide bonds. The summed E-state index contributed by atoms with van der Waals surface area (Å²) in [6.45, 7) is 1.68. The van der Waals surface area contributed by atoms with Crippen molar-refractivity contribution < 1.29 is 18.0 Å². The molecule has 26 heavy (non-hydrogen) atoms. The molecule has 9 heteroatoms. The molecular weight excluding hydrogens is 358 g/mol. The molecule has 0 spiro atoms. The standard InChI is InChI=1S/C17H17N3O5S/c1-8-9(16(21)11-7-18-20(2)17(11)22)4-5-13(26(3,23)24)14(8)15-10-6-12(10)25-19-15/h4-5,7,12,18-19H,6H2,1-3H3. The van der Waals surface area contributed by atoms with Gasteiger partial charge in [-0.15, -0.1) is 0 Å². The van der Waals surface area contributed by atoms with Crippen molar-refractivity contribution in [3.8, 4) is 0 Å². The number of aryl methyl sites for hydroxylation is 1. The largest absolute Gasteiger partial charge is 0.302 e. The Hall–Kier alpha value is -2.65. The second-order valence-electron chi connectivity index (χ2n) is 6.58. The minimum Gasteiger partial charge on any atom is -0.302 e. The number of nitrogens with zero attached hydrogens (tertiary/aromatic N) is 1. The van der Waals surface area contributed by atoms with E-state index in [0.29, 0.717) is 16.8 Å². The zero-order valence-electron chi connectivity index (χ0n) is 14.4. The molecule has 1 atom stereocenters. The lowest BCUT2D eigenvalue weighted by Gasteiger charge is -2.16. The minimum absolute atomic E-state index is 0.00578. The highest BCUT2D eigenvalue weighted by molar-refractivity contribution is 7.90. The molecule has 0 radical (unpaired) electrons. The first-order chi connectivity index (χ1) is 12.2. The van der Waals surface area contributed by atoms with Crippen LogP contribution in [-0.4, -0.2) is 36.3 Å². The van der Waals surface area contributed by atoms with E-state index < -0.39 is 21.2 Å². The molecule has 0 bridgehead atoms. The molecule has 2 aliphatic rings. The lowest BCUT2D eigenvalue weighted by atomic mass is 9.95. The van der Waals surface area contributed by atoms with Gasteiger partial charge in [-0.05, 0) is 30.2 Å². The topological polar surface area (TPSA) is 110 Å². The van der Waals surface area contributed by atoms with Crippen LogP contribution in [0.15, 0.2) is 33.6 Å². The van der Waals surface area contributed by atoms with Gasteiger partial charge < -0.3 is 5.10 Å². The van der Waals surface area contributed by atoms with Gasteiger partial charge in [-0.3, -0.25) is 24.6 Å². The molecule has 1 aliphatic heterocycles. The highest BCUT2D eigenvalue weighted by atomic mass is 32.2. The number of carbonyl (C=O) groups is 1. The summed E-state index contributed by atoms with van der Waals surface area (Å²) < 4.78 is 25.7. The molecule has 2 heterocycles. The molecule has 1 fully saturated rings. The zero-order chi connectivity index (χ0) is 18.8. The van der Waals surface area contributed by atoms with Crippen molar-refractivity contribution in [2.45, 2.75) is 24.3 Å². The lowest BCUT2D eigenvalue weighted by molar-refractivity contribution is 0.0828. The van der Waals surface area contributed by atoms with Crippen molar-refractivity contribution in [3.05, 3.63) is 56.5 Å². The maximum atomic E-state index is 12.9. The van der Waals surface area contributed by atoms with E-state index in [9.17, 15) is 18.0 Å². The number of nitrogens with one attached hydrogen (secondary N) is 2. The van der Waals surface area contributed by atoms with Gasteiger partial charge in [0.15, 0.2) is 15.6 Å². The van der Waals surface area contributed by atoms with Crippen molar-refractivity contribution in [3.63, 3.8) is 0 Å². The summed E-state index contributed by atoms with van der Waals surface area (Å²) in [4.78, 5) is 30.5. The number of H-pyrrole nitrogens is 1. The molecule has 1 aromatic carbocycles. The number of benzene rings is 1. The molecule has 2 N–H and O–H groups in total. The van der Waals surface area contributed by atoms with Gasteiger partial charge in [0.2, 0.25) is 0 Å². The van der Waals surface area contributed by atoms with E-state index in [1.165, 1.54) is 30.1 Å². The summed E-state index contributed by atoms with van der Waals surface area (Å²) >= 11 is 0. The summed E-state index contributed by atoms with van der Waals surface area (Å²) in [6.07, 6.45) is 3.18. The third kappa shape index (κ3) is 2.43. The van der Waals surface area contributed by atoms with E-state index >= 15 is 0 Å². The Morgan fingerprint density at radius 3 is 2.54 bits per heavy atom. The number of sulfone groups is 1. The summed E-state index contributed by atoms with van der Waals surface area (Å²) in [5.41, 5.74) is 5.14. The molecule has 1 unspecified atom stereocenters. The molecule has 8 nitrogen and oxygen atoms in total. The number of aromatic amines is 1. The van der Waals surface area contributed by atoms with Crippen LogP contribution >= 0.6 is 0 Å². The van der Waals surface area contributed by atoms with Crippen LogP contribution in [0.3, 0.4) is 0 Å². The molecule has 1 saturated carbocycles. The average Bonchev–Trinajstić information content (AvgIpc) is 3.12. The summed E-state index contributed by atoms with van der Waals surface area (Å²) in [6, 6.07) is 2.86. The molecule has 4 rings (SSSR count). The molecule has 1 aromatic heterocycles. The third-order valence-corrected chi connectivity index (χ3v) is 5.90. The van der Waals surface area contributed by atoms with Gasteiger partial charge in [-0.25, -0.2) is 8.42 Å². The average molecular weight is 375 g/mol. The quantitative estimate of drug-likeness (QED) is 0.760. The number of hydroxylamine groups is 1.